The van der Waals surface area contributed by atoms with Crippen LogP contribution in [0.4, 0.5) is 4.79 Å². The van der Waals surface area contributed by atoms with Crippen LogP contribution in [0.5, 0.6) is 0 Å². The number of allylic oxidation sites excluding steroid dienone is 1. The van der Waals surface area contributed by atoms with Crippen LogP contribution in [0.3, 0.4) is 0 Å². The Morgan fingerprint density at radius 3 is 2.63 bits per heavy atom. The highest BCUT2D eigenvalue weighted by Crippen LogP contribution is 2.23. The van der Waals surface area contributed by atoms with E-state index in [1.54, 1.807) is 4.90 Å². The minimum Gasteiger partial charge on any atom is -0.444 e. The summed E-state index contributed by atoms with van der Waals surface area (Å²) in [5, 5.41) is 0. The molecule has 0 radical (unpaired) electrons. The highest BCUT2D eigenvalue weighted by Gasteiger charge is 2.37. The molecule has 3 heteroatoms. The van der Waals surface area contributed by atoms with Crippen molar-refractivity contribution in [1.29, 1.82) is 0 Å². The predicted octanol–water partition coefficient (Wildman–Crippen LogP) is 3.61. The molecule has 1 heterocycles. The van der Waals surface area contributed by atoms with E-state index in [4.69, 9.17) is 4.74 Å². The molecule has 2 atom stereocenters. The van der Waals surface area contributed by atoms with Crippen molar-refractivity contribution in [3.63, 3.8) is 0 Å². The molecule has 1 aromatic rings. The highest BCUT2D eigenvalue weighted by atomic mass is 16.6. The van der Waals surface area contributed by atoms with E-state index < -0.39 is 0 Å². The number of hydrogen-bond donors (Lipinski definition) is 0. The summed E-state index contributed by atoms with van der Waals surface area (Å²) in [6.07, 6.45) is 3.89. The van der Waals surface area contributed by atoms with E-state index in [0.29, 0.717) is 12.5 Å². The van der Waals surface area contributed by atoms with Gasteiger partial charge in [0.25, 0.3) is 0 Å². The number of amides is 1. The number of cyclic esters (lactones) is 1. The third-order valence-corrected chi connectivity index (χ3v) is 3.25. The van der Waals surface area contributed by atoms with Crippen LogP contribution in [-0.2, 0) is 11.3 Å². The predicted molar refractivity (Wildman–Crippen MR) is 75.7 cm³/mol. The molecule has 2 rings (SSSR count). The molecule has 0 saturated carbocycles. The molecule has 1 amide bonds. The van der Waals surface area contributed by atoms with E-state index in [9.17, 15) is 4.79 Å². The summed E-state index contributed by atoms with van der Waals surface area (Å²) in [6, 6.07) is 10.0. The average Bonchev–Trinajstić information content (AvgIpc) is 2.63. The maximum Gasteiger partial charge on any atom is 0.411 e. The van der Waals surface area contributed by atoms with Gasteiger partial charge in [0.2, 0.25) is 0 Å². The van der Waals surface area contributed by atoms with Gasteiger partial charge in [-0.1, -0.05) is 56.3 Å². The highest BCUT2D eigenvalue weighted by molar-refractivity contribution is 5.71. The fourth-order valence-electron chi connectivity index (χ4n) is 2.22. The maximum absolute atomic E-state index is 11.9. The first kappa shape index (κ1) is 13.7. The lowest BCUT2D eigenvalue weighted by Crippen LogP contribution is -2.33. The number of ether oxygens (including phenoxy) is 1. The van der Waals surface area contributed by atoms with E-state index in [0.717, 1.165) is 5.56 Å². The van der Waals surface area contributed by atoms with Crippen LogP contribution in [0.2, 0.25) is 0 Å². The SMILES string of the molecule is CC(C)/C=C/[C@H]1[C@@H](C)OC(=O)N1Cc1ccccc1. The number of nitrogens with zero attached hydrogens (tertiary/aromatic N) is 1. The van der Waals surface area contributed by atoms with Gasteiger partial charge in [0.1, 0.15) is 6.10 Å². The molecule has 1 aromatic carbocycles. The third kappa shape index (κ3) is 3.37. The monoisotopic (exact) mass is 259 g/mol. The zero-order valence-corrected chi connectivity index (χ0v) is 11.7. The molecule has 1 aliphatic heterocycles. The standard InChI is InChI=1S/C16H21NO2/c1-12(2)9-10-15-13(3)19-16(18)17(15)11-14-7-5-4-6-8-14/h4-10,12-13,15H,11H2,1-3H3/b10-9+/t13-,15+/m1/s1. The molecule has 0 aliphatic carbocycles. The fraction of sp³-hybridized carbons (Fsp3) is 0.438. The van der Waals surface area contributed by atoms with Crippen LogP contribution in [0, 0.1) is 5.92 Å². The van der Waals surface area contributed by atoms with E-state index >= 15 is 0 Å². The van der Waals surface area contributed by atoms with E-state index in [2.05, 4.69) is 26.0 Å². The van der Waals surface area contributed by atoms with Crippen molar-refractivity contribution in [1.82, 2.24) is 4.90 Å². The zero-order chi connectivity index (χ0) is 13.8. The lowest BCUT2D eigenvalue weighted by Gasteiger charge is -2.20. The second-order valence-electron chi connectivity index (χ2n) is 5.32. The molecule has 1 aliphatic rings. The van der Waals surface area contributed by atoms with Crippen molar-refractivity contribution in [2.24, 2.45) is 5.92 Å². The molecule has 19 heavy (non-hydrogen) atoms. The topological polar surface area (TPSA) is 29.5 Å². The molecule has 0 spiro atoms. The number of rotatable bonds is 4. The van der Waals surface area contributed by atoms with Crippen molar-refractivity contribution < 1.29 is 9.53 Å². The Morgan fingerprint density at radius 1 is 1.32 bits per heavy atom. The number of hydrogen-bond acceptors (Lipinski definition) is 2. The van der Waals surface area contributed by atoms with Gasteiger partial charge in [-0.15, -0.1) is 0 Å². The molecule has 0 bridgehead atoms. The Hall–Kier alpha value is -1.77. The molecular formula is C16H21NO2. The molecule has 1 saturated heterocycles. The lowest BCUT2D eigenvalue weighted by atomic mass is 10.1. The Kier molecular flexibility index (Phi) is 4.25. The van der Waals surface area contributed by atoms with Gasteiger partial charge in [0.05, 0.1) is 6.04 Å². The molecular weight excluding hydrogens is 238 g/mol. The summed E-state index contributed by atoms with van der Waals surface area (Å²) in [5.74, 6) is 0.474. The fourth-order valence-corrected chi connectivity index (χ4v) is 2.22. The minimum absolute atomic E-state index is 0.0232. The summed E-state index contributed by atoms with van der Waals surface area (Å²) in [5.41, 5.74) is 1.12. The number of carbonyl (C=O) groups is 1. The Labute approximate surface area is 114 Å². The van der Waals surface area contributed by atoms with Gasteiger partial charge in [-0.2, -0.15) is 0 Å². The first-order valence-electron chi connectivity index (χ1n) is 6.77. The van der Waals surface area contributed by atoms with Gasteiger partial charge in [0, 0.05) is 6.54 Å². The summed E-state index contributed by atoms with van der Waals surface area (Å²) in [4.78, 5) is 13.7. The summed E-state index contributed by atoms with van der Waals surface area (Å²) < 4.78 is 5.33. The van der Waals surface area contributed by atoms with Gasteiger partial charge < -0.3 is 4.74 Å². The Bertz CT molecular complexity index is 453. The smallest absolute Gasteiger partial charge is 0.411 e. The maximum atomic E-state index is 11.9. The molecule has 3 nitrogen and oxygen atoms in total. The van der Waals surface area contributed by atoms with Crippen LogP contribution in [-0.4, -0.2) is 23.1 Å². The summed E-state index contributed by atoms with van der Waals surface area (Å²) in [7, 11) is 0. The van der Waals surface area contributed by atoms with E-state index in [-0.39, 0.29) is 18.2 Å². The van der Waals surface area contributed by atoms with Crippen LogP contribution >= 0.6 is 0 Å². The first-order chi connectivity index (χ1) is 9.08. The third-order valence-electron chi connectivity index (χ3n) is 3.25. The Morgan fingerprint density at radius 2 is 2.00 bits per heavy atom. The molecule has 0 aromatic heterocycles. The largest absolute Gasteiger partial charge is 0.444 e. The van der Waals surface area contributed by atoms with Gasteiger partial charge in [-0.05, 0) is 18.4 Å². The number of carbonyl (C=O) groups excluding carboxylic acids is 1. The molecule has 102 valence electrons. The van der Waals surface area contributed by atoms with Gasteiger partial charge >= 0.3 is 6.09 Å². The van der Waals surface area contributed by atoms with Gasteiger partial charge in [-0.25, -0.2) is 4.79 Å². The second kappa shape index (κ2) is 5.91. The quantitative estimate of drug-likeness (QED) is 0.773. The van der Waals surface area contributed by atoms with Crippen LogP contribution < -0.4 is 0 Å². The van der Waals surface area contributed by atoms with Crippen LogP contribution in [0.15, 0.2) is 42.5 Å². The normalized spacial score (nSPS) is 23.4. The van der Waals surface area contributed by atoms with E-state index in [1.165, 1.54) is 0 Å². The van der Waals surface area contributed by atoms with Gasteiger partial charge in [0.15, 0.2) is 0 Å². The summed E-state index contributed by atoms with van der Waals surface area (Å²) >= 11 is 0. The average molecular weight is 259 g/mol. The van der Waals surface area contributed by atoms with Crippen LogP contribution in [0.1, 0.15) is 26.3 Å². The summed E-state index contributed by atoms with van der Waals surface area (Å²) in [6.45, 7) is 6.79. The number of benzene rings is 1. The van der Waals surface area contributed by atoms with Crippen LogP contribution in [0.25, 0.3) is 0 Å². The van der Waals surface area contributed by atoms with E-state index in [1.807, 2.05) is 37.3 Å². The van der Waals surface area contributed by atoms with Crippen molar-refractivity contribution in [2.75, 3.05) is 0 Å². The van der Waals surface area contributed by atoms with Gasteiger partial charge in [-0.3, -0.25) is 4.90 Å². The lowest BCUT2D eigenvalue weighted by molar-refractivity contribution is 0.137. The van der Waals surface area contributed by atoms with Crippen molar-refractivity contribution in [3.8, 4) is 0 Å². The first-order valence-corrected chi connectivity index (χ1v) is 6.77. The minimum atomic E-state index is -0.227. The van der Waals surface area contributed by atoms with Crippen molar-refractivity contribution in [2.45, 2.75) is 39.5 Å². The molecule has 0 unspecified atom stereocenters. The van der Waals surface area contributed by atoms with Crippen molar-refractivity contribution in [3.05, 3.63) is 48.0 Å². The van der Waals surface area contributed by atoms with Crippen molar-refractivity contribution >= 4 is 6.09 Å². The zero-order valence-electron chi connectivity index (χ0n) is 11.7. The Balaban J connectivity index is 2.13. The molecule has 1 fully saturated rings. The second-order valence-corrected chi connectivity index (χ2v) is 5.32. The molecule has 0 N–H and O–H groups in total.